The maximum absolute atomic E-state index is 11.7. The molecule has 0 saturated heterocycles. The van der Waals surface area contributed by atoms with Crippen LogP contribution in [-0.4, -0.2) is 9.55 Å². The van der Waals surface area contributed by atoms with E-state index >= 15 is 0 Å². The Hall–Kier alpha value is -1.03. The van der Waals surface area contributed by atoms with Crippen LogP contribution in [0.1, 0.15) is 38.6 Å². The van der Waals surface area contributed by atoms with Crippen LogP contribution in [-0.2, 0) is 0 Å². The van der Waals surface area contributed by atoms with Gasteiger partial charge in [0.05, 0.1) is 0 Å². The van der Waals surface area contributed by atoms with E-state index in [-0.39, 0.29) is 16.8 Å². The van der Waals surface area contributed by atoms with Crippen LogP contribution < -0.4 is 11.2 Å². The van der Waals surface area contributed by atoms with Gasteiger partial charge < -0.3 is 0 Å². The van der Waals surface area contributed by atoms with Crippen LogP contribution >= 0.6 is 11.6 Å². The van der Waals surface area contributed by atoms with E-state index in [0.29, 0.717) is 5.92 Å². The fourth-order valence-corrected chi connectivity index (χ4v) is 2.63. The number of halogens is 1. The second-order valence-corrected chi connectivity index (χ2v) is 4.96. The zero-order valence-electron chi connectivity index (χ0n) is 9.20. The second kappa shape index (κ2) is 4.45. The van der Waals surface area contributed by atoms with E-state index in [0.717, 1.165) is 19.3 Å². The van der Waals surface area contributed by atoms with Crippen molar-refractivity contribution in [1.82, 2.24) is 9.55 Å². The summed E-state index contributed by atoms with van der Waals surface area (Å²) in [7, 11) is 0. The normalized spacial score (nSPS) is 25.6. The molecule has 4 nitrogen and oxygen atoms in total. The molecule has 2 unspecified atom stereocenters. The Balaban J connectivity index is 2.40. The molecule has 88 valence electrons. The molecule has 0 radical (unpaired) electrons. The van der Waals surface area contributed by atoms with Gasteiger partial charge in [-0.3, -0.25) is 14.3 Å². The predicted octanol–water partition coefficient (Wildman–Crippen LogP) is 1.94. The maximum atomic E-state index is 11.7. The lowest BCUT2D eigenvalue weighted by atomic mass is 9.87. The molecule has 0 aromatic carbocycles. The summed E-state index contributed by atoms with van der Waals surface area (Å²) in [5.74, 6) is 0.570. The van der Waals surface area contributed by atoms with Crippen LogP contribution in [0.4, 0.5) is 0 Å². The Labute approximate surface area is 98.3 Å². The molecule has 1 heterocycles. The fourth-order valence-electron chi connectivity index (χ4n) is 2.46. The van der Waals surface area contributed by atoms with Crippen molar-refractivity contribution in [2.24, 2.45) is 5.92 Å². The van der Waals surface area contributed by atoms with E-state index in [9.17, 15) is 9.59 Å². The SMILES string of the molecule is CC1CCCC(n2c(=O)cc(Cl)[nH]c2=O)C1. The zero-order chi connectivity index (χ0) is 11.7. The van der Waals surface area contributed by atoms with Gasteiger partial charge in [0.2, 0.25) is 0 Å². The van der Waals surface area contributed by atoms with Crippen LogP contribution in [0.3, 0.4) is 0 Å². The van der Waals surface area contributed by atoms with Crippen LogP contribution in [0.2, 0.25) is 5.15 Å². The van der Waals surface area contributed by atoms with Gasteiger partial charge in [-0.15, -0.1) is 0 Å². The van der Waals surface area contributed by atoms with Gasteiger partial charge in [0, 0.05) is 12.1 Å². The monoisotopic (exact) mass is 242 g/mol. The summed E-state index contributed by atoms with van der Waals surface area (Å²) in [5.41, 5.74) is -0.690. The molecule has 1 aliphatic carbocycles. The van der Waals surface area contributed by atoms with Gasteiger partial charge in [0.15, 0.2) is 0 Å². The van der Waals surface area contributed by atoms with E-state index < -0.39 is 5.69 Å². The summed E-state index contributed by atoms with van der Waals surface area (Å²) in [5, 5.41) is 0.107. The van der Waals surface area contributed by atoms with Crippen molar-refractivity contribution in [1.29, 1.82) is 0 Å². The Morgan fingerprint density at radius 1 is 1.44 bits per heavy atom. The first kappa shape index (κ1) is 11.5. The molecular weight excluding hydrogens is 228 g/mol. The van der Waals surface area contributed by atoms with Crippen molar-refractivity contribution >= 4 is 11.6 Å². The molecule has 1 saturated carbocycles. The molecule has 2 rings (SSSR count). The smallest absolute Gasteiger partial charge is 0.298 e. The highest BCUT2D eigenvalue weighted by Crippen LogP contribution is 2.30. The van der Waals surface area contributed by atoms with Crippen molar-refractivity contribution in [2.75, 3.05) is 0 Å². The second-order valence-electron chi connectivity index (χ2n) is 4.56. The van der Waals surface area contributed by atoms with Gasteiger partial charge in [0.1, 0.15) is 5.15 Å². The van der Waals surface area contributed by atoms with Gasteiger partial charge in [-0.05, 0) is 18.8 Å². The van der Waals surface area contributed by atoms with E-state index in [1.165, 1.54) is 17.1 Å². The number of hydrogen-bond acceptors (Lipinski definition) is 2. The van der Waals surface area contributed by atoms with Gasteiger partial charge in [-0.1, -0.05) is 31.4 Å². The van der Waals surface area contributed by atoms with E-state index in [2.05, 4.69) is 11.9 Å². The van der Waals surface area contributed by atoms with Gasteiger partial charge in [-0.2, -0.15) is 0 Å². The molecule has 1 N–H and O–H groups in total. The molecule has 1 aromatic heterocycles. The third kappa shape index (κ3) is 2.21. The molecule has 0 amide bonds. The molecular formula is C11H15ClN2O2. The number of hydrogen-bond donors (Lipinski definition) is 1. The van der Waals surface area contributed by atoms with Crippen LogP contribution in [0.15, 0.2) is 15.7 Å². The summed E-state index contributed by atoms with van der Waals surface area (Å²) < 4.78 is 1.31. The van der Waals surface area contributed by atoms with Crippen molar-refractivity contribution in [3.63, 3.8) is 0 Å². The van der Waals surface area contributed by atoms with Crippen molar-refractivity contribution < 1.29 is 0 Å². The maximum Gasteiger partial charge on any atom is 0.329 e. The average molecular weight is 243 g/mol. The largest absolute Gasteiger partial charge is 0.329 e. The first-order chi connectivity index (χ1) is 7.58. The lowest BCUT2D eigenvalue weighted by molar-refractivity contribution is 0.271. The Morgan fingerprint density at radius 2 is 2.19 bits per heavy atom. The Kier molecular flexibility index (Phi) is 3.19. The topological polar surface area (TPSA) is 54.9 Å². The quantitative estimate of drug-likeness (QED) is 0.766. The molecule has 0 spiro atoms. The van der Waals surface area contributed by atoms with Crippen molar-refractivity contribution in [3.05, 3.63) is 32.1 Å². The summed E-state index contributed by atoms with van der Waals surface area (Å²) in [6.07, 6.45) is 4.04. The lowest BCUT2D eigenvalue weighted by Gasteiger charge is -2.27. The summed E-state index contributed by atoms with van der Waals surface area (Å²) >= 11 is 5.62. The zero-order valence-corrected chi connectivity index (χ0v) is 9.96. The van der Waals surface area contributed by atoms with Crippen molar-refractivity contribution in [2.45, 2.75) is 38.6 Å². The Morgan fingerprint density at radius 3 is 2.81 bits per heavy atom. The Bertz CT molecular complexity index is 460. The van der Waals surface area contributed by atoms with E-state index in [4.69, 9.17) is 11.6 Å². The highest BCUT2D eigenvalue weighted by atomic mass is 35.5. The minimum Gasteiger partial charge on any atom is -0.298 e. The van der Waals surface area contributed by atoms with Crippen LogP contribution in [0, 0.1) is 5.92 Å². The third-order valence-electron chi connectivity index (χ3n) is 3.21. The first-order valence-electron chi connectivity index (χ1n) is 5.59. The summed E-state index contributed by atoms with van der Waals surface area (Å²) in [6.45, 7) is 2.15. The fraction of sp³-hybridized carbons (Fsp3) is 0.636. The summed E-state index contributed by atoms with van der Waals surface area (Å²) in [6, 6.07) is 1.29. The molecule has 16 heavy (non-hydrogen) atoms. The molecule has 5 heteroatoms. The van der Waals surface area contributed by atoms with Gasteiger partial charge >= 0.3 is 5.69 Å². The van der Waals surface area contributed by atoms with Gasteiger partial charge in [-0.25, -0.2) is 4.79 Å². The predicted molar refractivity (Wildman–Crippen MR) is 63.0 cm³/mol. The van der Waals surface area contributed by atoms with E-state index in [1.54, 1.807) is 0 Å². The average Bonchev–Trinajstić information content (AvgIpc) is 2.15. The molecule has 1 fully saturated rings. The third-order valence-corrected chi connectivity index (χ3v) is 3.41. The minimum absolute atomic E-state index is 0.0252. The lowest BCUT2D eigenvalue weighted by Crippen LogP contribution is -2.39. The number of nitrogens with one attached hydrogen (secondary N) is 1. The highest BCUT2D eigenvalue weighted by Gasteiger charge is 2.22. The molecule has 2 atom stereocenters. The van der Waals surface area contributed by atoms with Crippen molar-refractivity contribution in [3.8, 4) is 0 Å². The number of H-pyrrole nitrogens is 1. The highest BCUT2D eigenvalue weighted by molar-refractivity contribution is 6.29. The number of aromatic amines is 1. The van der Waals surface area contributed by atoms with E-state index in [1.807, 2.05) is 0 Å². The molecule has 0 aliphatic heterocycles. The number of nitrogens with zero attached hydrogens (tertiary/aromatic N) is 1. The van der Waals surface area contributed by atoms with Crippen LogP contribution in [0.25, 0.3) is 0 Å². The minimum atomic E-state index is -0.392. The van der Waals surface area contributed by atoms with Gasteiger partial charge in [0.25, 0.3) is 5.56 Å². The number of aromatic nitrogens is 2. The molecule has 0 bridgehead atoms. The standard InChI is InChI=1S/C11H15ClN2O2/c1-7-3-2-4-8(5-7)14-10(15)6-9(12)13-11(14)16/h6-8H,2-5H2,1H3,(H,13,16). The summed E-state index contributed by atoms with van der Waals surface area (Å²) in [4.78, 5) is 25.9. The first-order valence-corrected chi connectivity index (χ1v) is 5.97. The molecule has 1 aliphatic rings. The molecule has 1 aromatic rings. The van der Waals surface area contributed by atoms with Crippen LogP contribution in [0.5, 0.6) is 0 Å². The number of rotatable bonds is 1.